The topological polar surface area (TPSA) is 70.3 Å². The lowest BCUT2D eigenvalue weighted by molar-refractivity contribution is 0.172. The second-order valence-corrected chi connectivity index (χ2v) is 5.07. The predicted molar refractivity (Wildman–Crippen MR) is 68.9 cm³/mol. The van der Waals surface area contributed by atoms with Crippen LogP contribution in [0.15, 0.2) is 18.2 Å². The molecule has 5 nitrogen and oxygen atoms in total. The summed E-state index contributed by atoms with van der Waals surface area (Å²) in [6.07, 6.45) is 0. The van der Waals surface area contributed by atoms with Crippen LogP contribution in [-0.4, -0.2) is 23.4 Å². The Balaban J connectivity index is 2.05. The summed E-state index contributed by atoms with van der Waals surface area (Å²) >= 11 is 1.48. The van der Waals surface area contributed by atoms with Crippen LogP contribution in [0, 0.1) is 0 Å². The lowest BCUT2D eigenvalue weighted by Crippen LogP contribution is -2.15. The third kappa shape index (κ3) is 1.93. The summed E-state index contributed by atoms with van der Waals surface area (Å²) in [5, 5.41) is 9.89. The quantitative estimate of drug-likeness (QED) is 0.897. The SMILES string of the molecule is CC(N)c1nnc(-c2cccc3c2OCCO3)s1. The van der Waals surface area contributed by atoms with Gasteiger partial charge >= 0.3 is 0 Å². The third-order valence-electron chi connectivity index (χ3n) is 2.63. The van der Waals surface area contributed by atoms with Crippen molar-refractivity contribution in [3.8, 4) is 22.1 Å². The summed E-state index contributed by atoms with van der Waals surface area (Å²) < 4.78 is 11.2. The van der Waals surface area contributed by atoms with Gasteiger partial charge in [0, 0.05) is 0 Å². The van der Waals surface area contributed by atoms with E-state index >= 15 is 0 Å². The summed E-state index contributed by atoms with van der Waals surface area (Å²) in [6.45, 7) is 3.03. The summed E-state index contributed by atoms with van der Waals surface area (Å²) in [6, 6.07) is 5.67. The molecule has 2 aromatic rings. The first kappa shape index (κ1) is 11.4. The normalized spacial score (nSPS) is 15.4. The molecule has 94 valence electrons. The maximum atomic E-state index is 5.79. The molecule has 0 spiro atoms. The summed E-state index contributed by atoms with van der Waals surface area (Å²) in [7, 11) is 0. The minimum Gasteiger partial charge on any atom is -0.486 e. The van der Waals surface area contributed by atoms with E-state index in [9.17, 15) is 0 Å². The number of nitrogens with two attached hydrogens (primary N) is 1. The fourth-order valence-corrected chi connectivity index (χ4v) is 2.59. The molecule has 0 amide bonds. The van der Waals surface area contributed by atoms with Gasteiger partial charge in [-0.2, -0.15) is 0 Å². The molecule has 0 fully saturated rings. The van der Waals surface area contributed by atoms with Crippen LogP contribution in [0.1, 0.15) is 18.0 Å². The van der Waals surface area contributed by atoms with Gasteiger partial charge < -0.3 is 15.2 Å². The second kappa shape index (κ2) is 4.55. The van der Waals surface area contributed by atoms with E-state index in [4.69, 9.17) is 15.2 Å². The Morgan fingerprint density at radius 3 is 2.89 bits per heavy atom. The van der Waals surface area contributed by atoms with E-state index < -0.39 is 0 Å². The molecule has 0 radical (unpaired) electrons. The van der Waals surface area contributed by atoms with Gasteiger partial charge in [-0.3, -0.25) is 0 Å². The maximum Gasteiger partial charge on any atom is 0.171 e. The standard InChI is InChI=1S/C12H13N3O2S/c1-7(13)11-14-15-12(18-11)8-3-2-4-9-10(8)17-6-5-16-9/h2-4,7H,5-6,13H2,1H3. The highest BCUT2D eigenvalue weighted by molar-refractivity contribution is 7.14. The Morgan fingerprint density at radius 1 is 1.28 bits per heavy atom. The van der Waals surface area contributed by atoms with Gasteiger partial charge in [-0.05, 0) is 19.1 Å². The first-order valence-corrected chi connectivity index (χ1v) is 6.55. The fraction of sp³-hybridized carbons (Fsp3) is 0.333. The average Bonchev–Trinajstić information content (AvgIpc) is 2.87. The maximum absolute atomic E-state index is 5.79. The number of aromatic nitrogens is 2. The Hall–Kier alpha value is -1.66. The first-order valence-electron chi connectivity index (χ1n) is 5.73. The summed E-state index contributed by atoms with van der Waals surface area (Å²) in [5.41, 5.74) is 6.71. The molecule has 0 saturated heterocycles. The molecule has 3 rings (SSSR count). The molecule has 0 aliphatic carbocycles. The van der Waals surface area contributed by atoms with Gasteiger partial charge in [-0.15, -0.1) is 10.2 Å². The molecule has 0 saturated carbocycles. The Labute approximate surface area is 109 Å². The molecule has 2 N–H and O–H groups in total. The Bertz CT molecular complexity index is 568. The van der Waals surface area contributed by atoms with Crippen LogP contribution in [0.25, 0.3) is 10.6 Å². The van der Waals surface area contributed by atoms with Crippen molar-refractivity contribution in [2.45, 2.75) is 13.0 Å². The van der Waals surface area contributed by atoms with Gasteiger partial charge in [0.05, 0.1) is 11.6 Å². The molecule has 1 aliphatic rings. The van der Waals surface area contributed by atoms with Crippen molar-refractivity contribution < 1.29 is 9.47 Å². The third-order valence-corrected chi connectivity index (χ3v) is 3.78. The number of para-hydroxylation sites is 1. The average molecular weight is 263 g/mol. The van der Waals surface area contributed by atoms with Crippen LogP contribution in [0.2, 0.25) is 0 Å². The largest absolute Gasteiger partial charge is 0.486 e. The van der Waals surface area contributed by atoms with E-state index in [1.165, 1.54) is 11.3 Å². The van der Waals surface area contributed by atoms with Crippen LogP contribution in [-0.2, 0) is 0 Å². The van der Waals surface area contributed by atoms with Gasteiger partial charge in [0.2, 0.25) is 0 Å². The first-order chi connectivity index (χ1) is 8.75. The molecular weight excluding hydrogens is 250 g/mol. The molecule has 1 unspecified atom stereocenters. The van der Waals surface area contributed by atoms with Crippen molar-refractivity contribution in [1.29, 1.82) is 0 Å². The number of fused-ring (bicyclic) bond motifs is 1. The molecule has 2 heterocycles. The lowest BCUT2D eigenvalue weighted by Gasteiger charge is -2.19. The number of hydrogen-bond donors (Lipinski definition) is 1. The Morgan fingerprint density at radius 2 is 2.11 bits per heavy atom. The van der Waals surface area contributed by atoms with Crippen LogP contribution < -0.4 is 15.2 Å². The highest BCUT2D eigenvalue weighted by atomic mass is 32.1. The summed E-state index contributed by atoms with van der Waals surface area (Å²) in [5.74, 6) is 1.51. The minimum absolute atomic E-state index is 0.104. The number of benzene rings is 1. The highest BCUT2D eigenvalue weighted by Crippen LogP contribution is 2.40. The van der Waals surface area contributed by atoms with Crippen LogP contribution in [0.4, 0.5) is 0 Å². The van der Waals surface area contributed by atoms with Crippen LogP contribution in [0.5, 0.6) is 11.5 Å². The highest BCUT2D eigenvalue weighted by Gasteiger charge is 2.19. The zero-order chi connectivity index (χ0) is 12.5. The molecule has 1 aliphatic heterocycles. The van der Waals surface area contributed by atoms with Crippen molar-refractivity contribution in [2.75, 3.05) is 13.2 Å². The Kier molecular flexibility index (Phi) is 2.89. The van der Waals surface area contributed by atoms with E-state index in [-0.39, 0.29) is 6.04 Å². The molecule has 0 bridgehead atoms. The zero-order valence-corrected chi connectivity index (χ0v) is 10.7. The van der Waals surface area contributed by atoms with E-state index in [0.29, 0.717) is 13.2 Å². The van der Waals surface area contributed by atoms with Crippen molar-refractivity contribution in [1.82, 2.24) is 10.2 Å². The molecular formula is C12H13N3O2S. The van der Waals surface area contributed by atoms with Crippen molar-refractivity contribution in [2.24, 2.45) is 5.73 Å². The molecule has 18 heavy (non-hydrogen) atoms. The van der Waals surface area contributed by atoms with E-state index in [1.807, 2.05) is 25.1 Å². The minimum atomic E-state index is -0.104. The second-order valence-electron chi connectivity index (χ2n) is 4.06. The smallest absolute Gasteiger partial charge is 0.171 e. The lowest BCUT2D eigenvalue weighted by atomic mass is 10.2. The summed E-state index contributed by atoms with van der Waals surface area (Å²) in [4.78, 5) is 0. The number of hydrogen-bond acceptors (Lipinski definition) is 6. The van der Waals surface area contributed by atoms with Gasteiger partial charge in [0.15, 0.2) is 16.5 Å². The van der Waals surface area contributed by atoms with Gasteiger partial charge in [0.25, 0.3) is 0 Å². The monoisotopic (exact) mass is 263 g/mol. The van der Waals surface area contributed by atoms with Crippen molar-refractivity contribution in [3.63, 3.8) is 0 Å². The van der Waals surface area contributed by atoms with E-state index in [0.717, 1.165) is 27.1 Å². The predicted octanol–water partition coefficient (Wildman–Crippen LogP) is 2.00. The number of rotatable bonds is 2. The van der Waals surface area contributed by atoms with Gasteiger partial charge in [-0.25, -0.2) is 0 Å². The number of ether oxygens (including phenoxy) is 2. The van der Waals surface area contributed by atoms with Crippen molar-refractivity contribution >= 4 is 11.3 Å². The van der Waals surface area contributed by atoms with Gasteiger partial charge in [0.1, 0.15) is 18.2 Å². The van der Waals surface area contributed by atoms with Crippen LogP contribution >= 0.6 is 11.3 Å². The van der Waals surface area contributed by atoms with Crippen LogP contribution in [0.3, 0.4) is 0 Å². The molecule has 1 aromatic carbocycles. The zero-order valence-electron chi connectivity index (χ0n) is 9.92. The molecule has 6 heteroatoms. The van der Waals surface area contributed by atoms with Gasteiger partial charge in [-0.1, -0.05) is 17.4 Å². The van der Waals surface area contributed by atoms with E-state index in [1.54, 1.807) is 0 Å². The van der Waals surface area contributed by atoms with Crippen molar-refractivity contribution in [3.05, 3.63) is 23.2 Å². The number of nitrogens with zero attached hydrogens (tertiary/aromatic N) is 2. The molecule has 1 atom stereocenters. The molecule has 1 aromatic heterocycles. The van der Waals surface area contributed by atoms with E-state index in [2.05, 4.69) is 10.2 Å². The fourth-order valence-electron chi connectivity index (χ4n) is 1.77.